The molecule has 0 aliphatic carbocycles. The minimum atomic E-state index is 0. The van der Waals surface area contributed by atoms with Gasteiger partial charge in [-0.15, -0.1) is 24.8 Å². The first-order chi connectivity index (χ1) is 2.77. The summed E-state index contributed by atoms with van der Waals surface area (Å²) < 4.78 is 0.988. The maximum atomic E-state index is 2.29. The van der Waals surface area contributed by atoms with E-state index in [1.165, 1.54) is 12.8 Å². The van der Waals surface area contributed by atoms with Crippen molar-refractivity contribution in [3.8, 4) is 0 Å². The molecule has 0 aliphatic rings. The average molecular weight is 263 g/mol. The minimum absolute atomic E-state index is 0. The molecule has 8 heavy (non-hydrogen) atoms. The smallest absolute Gasteiger partial charge is 0.147 e. The van der Waals surface area contributed by atoms with Crippen LogP contribution in [0.4, 0.5) is 0 Å². The molecule has 0 aromatic rings. The molecule has 0 aromatic heterocycles. The molecule has 51 valence electrons. The molecule has 0 rings (SSSR count). The summed E-state index contributed by atoms with van der Waals surface area (Å²) in [7, 11) is 0. The van der Waals surface area contributed by atoms with Crippen molar-refractivity contribution in [2.24, 2.45) is 0 Å². The molecule has 1 atom stereocenters. The van der Waals surface area contributed by atoms with Crippen molar-refractivity contribution in [3.63, 3.8) is 0 Å². The van der Waals surface area contributed by atoms with E-state index in [0.29, 0.717) is 0 Å². The van der Waals surface area contributed by atoms with Crippen molar-refractivity contribution < 1.29 is 0 Å². The van der Waals surface area contributed by atoms with Gasteiger partial charge in [0.2, 0.25) is 0 Å². The van der Waals surface area contributed by atoms with E-state index in [9.17, 15) is 0 Å². The number of hydrogen-bond donors (Lipinski definition) is 0. The zero-order valence-electron chi connectivity index (χ0n) is 5.31. The van der Waals surface area contributed by atoms with Gasteiger partial charge in [0.15, 0.2) is 0 Å². The van der Waals surface area contributed by atoms with Crippen molar-refractivity contribution in [1.29, 1.82) is 0 Å². The van der Waals surface area contributed by atoms with Crippen LogP contribution in [0.1, 0.15) is 26.7 Å². The molecular formula is C5H13Cl2Sn. The second-order valence-electron chi connectivity index (χ2n) is 1.69. The van der Waals surface area contributed by atoms with Crippen LogP contribution < -0.4 is 0 Å². The third-order valence-corrected chi connectivity index (χ3v) is 1.55. The molecule has 1 unspecified atom stereocenters. The molecule has 0 spiro atoms. The molecule has 0 N–H and O–H groups in total. The Bertz CT molecular complexity index is 31.6. The molecule has 0 nitrogen and oxygen atoms in total. The fourth-order valence-electron chi connectivity index (χ4n) is 0.433. The van der Waals surface area contributed by atoms with E-state index in [1.807, 2.05) is 0 Å². The molecule has 0 bridgehead atoms. The van der Waals surface area contributed by atoms with Crippen LogP contribution >= 0.6 is 24.8 Å². The zero-order chi connectivity index (χ0) is 4.99. The van der Waals surface area contributed by atoms with Crippen LogP contribution in [0.25, 0.3) is 0 Å². The third-order valence-electron chi connectivity index (χ3n) is 0.722. The molecule has 3 heteroatoms. The van der Waals surface area contributed by atoms with Crippen molar-refractivity contribution in [2.75, 3.05) is 0 Å². The van der Waals surface area contributed by atoms with Crippen LogP contribution in [0.5, 0.6) is 0 Å². The van der Waals surface area contributed by atoms with E-state index in [1.54, 1.807) is 22.5 Å². The molecule has 3 radical (unpaired) electrons. The van der Waals surface area contributed by atoms with Gasteiger partial charge in [-0.05, 0) is 0 Å². The molecule has 0 heterocycles. The Kier molecular flexibility index (Phi) is 22.7. The van der Waals surface area contributed by atoms with Gasteiger partial charge in [0, 0.05) is 0 Å². The Morgan fingerprint density at radius 1 is 1.38 bits per heavy atom. The minimum Gasteiger partial charge on any atom is -0.147 e. The summed E-state index contributed by atoms with van der Waals surface area (Å²) in [5, 5.41) is 0. The van der Waals surface area contributed by atoms with E-state index < -0.39 is 0 Å². The van der Waals surface area contributed by atoms with Gasteiger partial charge in [0.05, 0.1) is 0 Å². The SMILES string of the molecule is CCC[CH](C)[Sn].Cl.Cl. The van der Waals surface area contributed by atoms with Crippen LogP contribution in [0.3, 0.4) is 0 Å². The summed E-state index contributed by atoms with van der Waals surface area (Å²) in [4.78, 5) is 0. The van der Waals surface area contributed by atoms with E-state index in [-0.39, 0.29) is 24.8 Å². The van der Waals surface area contributed by atoms with Gasteiger partial charge in [-0.2, -0.15) is 0 Å². The van der Waals surface area contributed by atoms with Crippen molar-refractivity contribution in [2.45, 2.75) is 30.6 Å². The predicted molar refractivity (Wildman–Crippen MR) is 44.6 cm³/mol. The largest absolute Gasteiger partial charge is 0.147 e. The van der Waals surface area contributed by atoms with Gasteiger partial charge in [0.25, 0.3) is 0 Å². The maximum Gasteiger partial charge on any atom is -0.147 e. The third kappa shape index (κ3) is 15.7. The molecule has 0 saturated heterocycles. The number of halogens is 2. The van der Waals surface area contributed by atoms with Gasteiger partial charge in [0.1, 0.15) is 0 Å². The van der Waals surface area contributed by atoms with Crippen molar-refractivity contribution >= 4 is 47.3 Å². The summed E-state index contributed by atoms with van der Waals surface area (Å²) in [6.45, 7) is 4.53. The predicted octanol–water partition coefficient (Wildman–Crippen LogP) is 2.61. The molecule has 0 fully saturated rings. The first-order valence-electron chi connectivity index (χ1n) is 2.48. The Hall–Kier alpha value is 1.38. The van der Waals surface area contributed by atoms with Crippen LogP contribution in [0, 0.1) is 0 Å². The van der Waals surface area contributed by atoms with Gasteiger partial charge in [-0.25, -0.2) is 0 Å². The van der Waals surface area contributed by atoms with E-state index in [0.717, 1.165) is 3.93 Å². The topological polar surface area (TPSA) is 0 Å². The van der Waals surface area contributed by atoms with E-state index in [2.05, 4.69) is 13.8 Å². The summed E-state index contributed by atoms with van der Waals surface area (Å²) in [6, 6.07) is 0. The van der Waals surface area contributed by atoms with Crippen LogP contribution in [0.15, 0.2) is 0 Å². The first kappa shape index (κ1) is 16.2. The monoisotopic (exact) mass is 263 g/mol. The fraction of sp³-hybridized carbons (Fsp3) is 1.00. The van der Waals surface area contributed by atoms with Crippen molar-refractivity contribution in [3.05, 3.63) is 0 Å². The second kappa shape index (κ2) is 11.2. The van der Waals surface area contributed by atoms with Crippen LogP contribution in [-0.2, 0) is 0 Å². The first-order valence-corrected chi connectivity index (χ1v) is 4.13. The average Bonchev–Trinajstić information content (AvgIpc) is 1.35. The second-order valence-corrected chi connectivity index (χ2v) is 4.50. The number of hydrogen-bond acceptors (Lipinski definition) is 0. The normalized spacial score (nSPS) is 10.9. The quantitative estimate of drug-likeness (QED) is 0.671. The van der Waals surface area contributed by atoms with Gasteiger partial charge < -0.3 is 0 Å². The molecular weight excluding hydrogens is 250 g/mol. The van der Waals surface area contributed by atoms with E-state index in [4.69, 9.17) is 0 Å². The molecule has 0 saturated carbocycles. The van der Waals surface area contributed by atoms with Crippen LogP contribution in [-0.4, -0.2) is 22.5 Å². The fourth-order valence-corrected chi connectivity index (χ4v) is 1.26. The van der Waals surface area contributed by atoms with Gasteiger partial charge in [-0.3, -0.25) is 0 Å². The Morgan fingerprint density at radius 3 is 1.75 bits per heavy atom. The Morgan fingerprint density at radius 2 is 1.75 bits per heavy atom. The zero-order valence-corrected chi connectivity index (χ0v) is 9.80. The van der Waals surface area contributed by atoms with E-state index >= 15 is 0 Å². The molecule has 0 aromatic carbocycles. The summed E-state index contributed by atoms with van der Waals surface area (Å²) in [5.74, 6) is 0. The van der Waals surface area contributed by atoms with Crippen molar-refractivity contribution in [1.82, 2.24) is 0 Å². The van der Waals surface area contributed by atoms with Crippen LogP contribution in [0.2, 0.25) is 3.93 Å². The standard InChI is InChI=1S/C5H11.2ClH.Sn/c1-3-5-4-2;;;/h3H,4-5H2,1-2H3;2*1H;. The summed E-state index contributed by atoms with van der Waals surface area (Å²) >= 11 is 1.69. The molecule has 0 aliphatic heterocycles. The summed E-state index contributed by atoms with van der Waals surface area (Å²) in [6.07, 6.45) is 2.77. The Balaban J connectivity index is -0.000000125. The Labute approximate surface area is 77.7 Å². The maximum absolute atomic E-state index is 2.29. The van der Waals surface area contributed by atoms with Gasteiger partial charge in [-0.1, -0.05) is 0 Å². The molecule has 0 amide bonds. The van der Waals surface area contributed by atoms with Gasteiger partial charge >= 0.3 is 53.1 Å². The summed E-state index contributed by atoms with van der Waals surface area (Å²) in [5.41, 5.74) is 0. The number of rotatable bonds is 2.